The number of aromatic nitrogens is 3. The molecule has 0 aliphatic heterocycles. The first-order chi connectivity index (χ1) is 20.9. The van der Waals surface area contributed by atoms with Crippen LogP contribution < -0.4 is 11.1 Å². The van der Waals surface area contributed by atoms with Crippen LogP contribution in [0, 0.1) is 17.5 Å². The fourth-order valence-corrected chi connectivity index (χ4v) is 5.60. The zero-order valence-electron chi connectivity index (χ0n) is 23.2. The molecular weight excluding hydrogens is 588 g/mol. The van der Waals surface area contributed by atoms with E-state index in [-0.39, 0.29) is 35.0 Å². The van der Waals surface area contributed by atoms with Crippen LogP contribution in [0.5, 0.6) is 0 Å². The summed E-state index contributed by atoms with van der Waals surface area (Å²) in [6, 6.07) is 8.59. The van der Waals surface area contributed by atoms with Gasteiger partial charge in [0.1, 0.15) is 29.8 Å². The lowest BCUT2D eigenvalue weighted by Gasteiger charge is -2.22. The number of carbonyl (C=O) groups excluding carboxylic acids is 2. The zero-order chi connectivity index (χ0) is 31.6. The summed E-state index contributed by atoms with van der Waals surface area (Å²) in [7, 11) is 0. The number of nitrogens with zero attached hydrogens (tertiary/aromatic N) is 3. The molecule has 0 spiro atoms. The number of hydrogen-bond donors (Lipinski definition) is 2. The van der Waals surface area contributed by atoms with Crippen LogP contribution in [0.2, 0.25) is 0 Å². The molecule has 7 nitrogen and oxygen atoms in total. The number of carbonyl (C=O) groups is 2. The molecule has 0 unspecified atom stereocenters. The lowest BCUT2D eigenvalue weighted by molar-refractivity contribution is -0.141. The van der Waals surface area contributed by atoms with Gasteiger partial charge in [0.2, 0.25) is 5.91 Å². The Kier molecular flexibility index (Phi) is 8.75. The molecule has 1 fully saturated rings. The molecule has 44 heavy (non-hydrogen) atoms. The number of primary amides is 1. The number of nitrogens with two attached hydrogens (primary N) is 1. The smallest absolute Gasteiger partial charge is 0.366 e. The summed E-state index contributed by atoms with van der Waals surface area (Å²) < 4.78 is 84.3. The van der Waals surface area contributed by atoms with Gasteiger partial charge in [0, 0.05) is 29.9 Å². The van der Waals surface area contributed by atoms with Crippen LogP contribution in [-0.2, 0) is 23.9 Å². The van der Waals surface area contributed by atoms with Gasteiger partial charge < -0.3 is 15.6 Å². The van der Waals surface area contributed by atoms with Gasteiger partial charge >= 0.3 is 6.18 Å². The van der Waals surface area contributed by atoms with Crippen molar-refractivity contribution in [2.24, 2.45) is 5.73 Å². The van der Waals surface area contributed by atoms with Gasteiger partial charge in [-0.05, 0) is 60.7 Å². The Bertz CT molecular complexity index is 1680. The Morgan fingerprint density at radius 2 is 1.73 bits per heavy atom. The molecule has 1 aliphatic rings. The summed E-state index contributed by atoms with van der Waals surface area (Å²) in [5, 5.41) is 2.75. The van der Waals surface area contributed by atoms with Crippen molar-refractivity contribution in [3.63, 3.8) is 0 Å². The molecule has 4 aromatic rings. The fourth-order valence-electron chi connectivity index (χ4n) is 5.60. The van der Waals surface area contributed by atoms with Crippen LogP contribution in [0.4, 0.5) is 26.3 Å². The third-order valence-corrected chi connectivity index (χ3v) is 7.54. The molecule has 2 aromatic heterocycles. The second-order valence-electron chi connectivity index (χ2n) is 10.7. The van der Waals surface area contributed by atoms with Crippen molar-refractivity contribution in [3.05, 3.63) is 107 Å². The molecule has 1 atom stereocenters. The number of pyridine rings is 1. The number of imidazole rings is 1. The number of rotatable bonds is 9. The lowest BCUT2D eigenvalue weighted by Crippen LogP contribution is -2.34. The van der Waals surface area contributed by atoms with Crippen LogP contribution in [0.15, 0.2) is 60.9 Å². The van der Waals surface area contributed by atoms with E-state index in [4.69, 9.17) is 5.73 Å². The maximum atomic E-state index is 14.2. The Morgan fingerprint density at radius 3 is 2.39 bits per heavy atom. The zero-order valence-corrected chi connectivity index (χ0v) is 23.2. The maximum Gasteiger partial charge on any atom is 0.434 e. The van der Waals surface area contributed by atoms with E-state index in [1.165, 1.54) is 22.9 Å². The Hall–Kier alpha value is -4.68. The average Bonchev–Trinajstić information content (AvgIpc) is 3.62. The third-order valence-electron chi connectivity index (χ3n) is 7.54. The van der Waals surface area contributed by atoms with Crippen LogP contribution in [0.1, 0.15) is 70.8 Å². The van der Waals surface area contributed by atoms with Crippen LogP contribution in [0.3, 0.4) is 0 Å². The summed E-state index contributed by atoms with van der Waals surface area (Å²) in [6.45, 7) is -0.506. The number of nitrogens with one attached hydrogen (secondary N) is 1. The van der Waals surface area contributed by atoms with Crippen molar-refractivity contribution in [1.29, 1.82) is 0 Å². The number of alkyl halides is 3. The molecule has 230 valence electrons. The monoisotopic (exact) mass is 615 g/mol. The van der Waals surface area contributed by atoms with Crippen molar-refractivity contribution >= 4 is 11.8 Å². The van der Waals surface area contributed by atoms with Crippen molar-refractivity contribution in [3.8, 4) is 11.1 Å². The van der Waals surface area contributed by atoms with Gasteiger partial charge in [-0.1, -0.05) is 25.0 Å². The molecule has 13 heteroatoms. The summed E-state index contributed by atoms with van der Waals surface area (Å²) in [5.74, 6) is -4.32. The highest BCUT2D eigenvalue weighted by Crippen LogP contribution is 2.37. The molecule has 0 saturated heterocycles. The van der Waals surface area contributed by atoms with E-state index >= 15 is 0 Å². The van der Waals surface area contributed by atoms with E-state index in [1.54, 1.807) is 12.1 Å². The van der Waals surface area contributed by atoms with Gasteiger partial charge in [0.05, 0.1) is 17.3 Å². The summed E-state index contributed by atoms with van der Waals surface area (Å²) in [5.41, 5.74) is 4.86. The van der Waals surface area contributed by atoms with Gasteiger partial charge in [0.15, 0.2) is 5.69 Å². The number of halogens is 6. The average molecular weight is 616 g/mol. The minimum atomic E-state index is -4.71. The minimum Gasteiger partial charge on any atom is -0.366 e. The Balaban J connectivity index is 1.52. The highest BCUT2D eigenvalue weighted by atomic mass is 19.4. The molecular formula is C31H27F6N5O2. The number of amides is 2. The first-order valence-electron chi connectivity index (χ1n) is 13.8. The van der Waals surface area contributed by atoms with E-state index in [0.29, 0.717) is 30.0 Å². The third kappa shape index (κ3) is 6.92. The standard InChI is InChI=1S/C31H27F6N5O2/c32-20-10-17(11-21(33)14-20)12-25(28-22(6-3-9-39-28)19-7-8-24(34)23(13-19)29(38)44)40-27(43)16-42-15-26(31(35,36)37)41-30(42)18-4-1-2-5-18/h3,6-11,13-15,18,25H,1-2,4-5,12,16H2,(H2,38,44)(H,40,43)/t25-/m0/s1. The van der Waals surface area contributed by atoms with Crippen LogP contribution >= 0.6 is 0 Å². The quantitative estimate of drug-likeness (QED) is 0.218. The lowest BCUT2D eigenvalue weighted by atomic mass is 9.94. The van der Waals surface area contributed by atoms with Crippen molar-refractivity contribution in [2.75, 3.05) is 0 Å². The summed E-state index contributed by atoms with van der Waals surface area (Å²) in [4.78, 5) is 33.5. The van der Waals surface area contributed by atoms with Gasteiger partial charge in [0.25, 0.3) is 5.91 Å². The first-order valence-corrected chi connectivity index (χ1v) is 13.8. The summed E-state index contributed by atoms with van der Waals surface area (Å²) in [6.07, 6.45) is 0.300. The largest absolute Gasteiger partial charge is 0.434 e. The molecule has 5 rings (SSSR count). The van der Waals surface area contributed by atoms with E-state index in [0.717, 1.165) is 37.2 Å². The second kappa shape index (κ2) is 12.5. The molecule has 2 aromatic carbocycles. The van der Waals surface area contributed by atoms with Crippen molar-refractivity contribution in [1.82, 2.24) is 19.9 Å². The van der Waals surface area contributed by atoms with E-state index in [1.807, 2.05) is 0 Å². The molecule has 1 saturated carbocycles. The molecule has 0 radical (unpaired) electrons. The molecule has 2 amide bonds. The second-order valence-corrected chi connectivity index (χ2v) is 10.7. The number of hydrogen-bond acceptors (Lipinski definition) is 4. The predicted molar refractivity (Wildman–Crippen MR) is 148 cm³/mol. The minimum absolute atomic E-state index is 0.162. The highest BCUT2D eigenvalue weighted by molar-refractivity contribution is 5.94. The van der Waals surface area contributed by atoms with E-state index < -0.39 is 53.7 Å². The Labute approximate surface area is 248 Å². The fraction of sp³-hybridized carbons (Fsp3) is 0.290. The molecule has 1 aliphatic carbocycles. The van der Waals surface area contributed by atoms with Gasteiger partial charge in [-0.25, -0.2) is 18.2 Å². The van der Waals surface area contributed by atoms with Gasteiger partial charge in [-0.3, -0.25) is 14.6 Å². The van der Waals surface area contributed by atoms with Crippen LogP contribution in [0.25, 0.3) is 11.1 Å². The first kappa shape index (κ1) is 30.8. The number of benzene rings is 2. The van der Waals surface area contributed by atoms with Gasteiger partial charge in [-0.2, -0.15) is 13.2 Å². The van der Waals surface area contributed by atoms with E-state index in [2.05, 4.69) is 15.3 Å². The normalized spacial score (nSPS) is 14.5. The highest BCUT2D eigenvalue weighted by Gasteiger charge is 2.36. The predicted octanol–water partition coefficient (Wildman–Crippen LogP) is 6.24. The van der Waals surface area contributed by atoms with Crippen molar-refractivity contribution < 1.29 is 35.9 Å². The summed E-state index contributed by atoms with van der Waals surface area (Å²) >= 11 is 0. The topological polar surface area (TPSA) is 103 Å². The Morgan fingerprint density at radius 1 is 1.02 bits per heavy atom. The SMILES string of the molecule is NC(=O)c1cc(-c2cccnc2[C@H](Cc2cc(F)cc(F)c2)NC(=O)Cn2cc(C(F)(F)F)nc2C2CCCC2)ccc1F. The maximum absolute atomic E-state index is 14.2. The molecule has 3 N–H and O–H groups in total. The van der Waals surface area contributed by atoms with Gasteiger partial charge in [-0.15, -0.1) is 0 Å². The molecule has 0 bridgehead atoms. The van der Waals surface area contributed by atoms with Crippen LogP contribution in [-0.4, -0.2) is 26.3 Å². The van der Waals surface area contributed by atoms with Crippen molar-refractivity contribution in [2.45, 2.75) is 56.8 Å². The van der Waals surface area contributed by atoms with E-state index in [9.17, 15) is 35.9 Å². The molecule has 2 heterocycles.